The number of hydrogen-bond acceptors (Lipinski definition) is 5. The number of anilines is 2. The number of aromatic nitrogens is 2. The van der Waals surface area contributed by atoms with Crippen LogP contribution in [0.5, 0.6) is 0 Å². The van der Waals surface area contributed by atoms with Crippen molar-refractivity contribution >= 4 is 27.5 Å². The number of fused-ring (bicyclic) bond motifs is 2. The maximum atomic E-state index is 13.3. The minimum atomic E-state index is -3.85. The Labute approximate surface area is 206 Å². The number of carbonyl (C=O) groups is 1. The summed E-state index contributed by atoms with van der Waals surface area (Å²) in [7, 11) is -0.582. The van der Waals surface area contributed by atoms with Crippen LogP contribution in [0.3, 0.4) is 0 Å². The van der Waals surface area contributed by atoms with Gasteiger partial charge in [-0.05, 0) is 60.8 Å². The third-order valence-corrected chi connectivity index (χ3v) is 8.83. The van der Waals surface area contributed by atoms with Crippen molar-refractivity contribution in [1.82, 2.24) is 14.5 Å². The summed E-state index contributed by atoms with van der Waals surface area (Å²) < 4.78 is 36.8. The van der Waals surface area contributed by atoms with E-state index in [9.17, 15) is 13.2 Å². The molecule has 5 rings (SSSR count). The summed E-state index contributed by atoms with van der Waals surface area (Å²) in [5.74, 6) is -0.625. The Bertz CT molecular complexity index is 1220. The molecule has 0 fully saturated rings. The fraction of sp³-hybridized carbons (Fsp3) is 0.520. The van der Waals surface area contributed by atoms with Crippen LogP contribution in [0.2, 0.25) is 0 Å². The van der Waals surface area contributed by atoms with Gasteiger partial charge < -0.3 is 10.1 Å². The average molecular weight is 500 g/mol. The van der Waals surface area contributed by atoms with Crippen molar-refractivity contribution in [3.63, 3.8) is 0 Å². The van der Waals surface area contributed by atoms with Crippen LogP contribution >= 0.6 is 0 Å². The van der Waals surface area contributed by atoms with E-state index in [4.69, 9.17) is 4.74 Å². The van der Waals surface area contributed by atoms with Crippen molar-refractivity contribution < 1.29 is 17.9 Å². The SMILES string of the molecule is COCCN(c1cnn(C)c1)S(=O)(=O)NCC1C=CC1C(=O)Nc1c2c(cc3c1CCC3)CCC2. The molecule has 2 atom stereocenters. The summed E-state index contributed by atoms with van der Waals surface area (Å²) in [4.78, 5) is 13.3. The molecule has 0 radical (unpaired) electrons. The summed E-state index contributed by atoms with van der Waals surface area (Å²) >= 11 is 0. The molecule has 2 aromatic rings. The van der Waals surface area contributed by atoms with Gasteiger partial charge >= 0.3 is 10.2 Å². The fourth-order valence-corrected chi connectivity index (χ4v) is 6.65. The first-order chi connectivity index (χ1) is 16.9. The van der Waals surface area contributed by atoms with Gasteiger partial charge in [-0.2, -0.15) is 18.2 Å². The van der Waals surface area contributed by atoms with E-state index < -0.39 is 10.2 Å². The molecule has 0 spiro atoms. The summed E-state index contributed by atoms with van der Waals surface area (Å²) in [5, 5.41) is 7.33. The molecular formula is C25H33N5O4S. The first-order valence-corrected chi connectivity index (χ1v) is 13.7. The van der Waals surface area contributed by atoms with Gasteiger partial charge in [0.25, 0.3) is 0 Å². The van der Waals surface area contributed by atoms with Gasteiger partial charge in [-0.1, -0.05) is 18.2 Å². The number of methoxy groups -OCH3 is 1. The lowest BCUT2D eigenvalue weighted by atomic mass is 9.81. The number of nitrogens with one attached hydrogen (secondary N) is 2. The van der Waals surface area contributed by atoms with E-state index in [0.29, 0.717) is 5.69 Å². The lowest BCUT2D eigenvalue weighted by Crippen LogP contribution is -2.46. The molecular weight excluding hydrogens is 466 g/mol. The van der Waals surface area contributed by atoms with Crippen molar-refractivity contribution in [1.29, 1.82) is 0 Å². The summed E-state index contributed by atoms with van der Waals surface area (Å²) in [6.07, 6.45) is 13.3. The highest BCUT2D eigenvalue weighted by Crippen LogP contribution is 2.39. The standard InChI is InChI=1S/C25H33N5O4S/c1-29-16-20(15-26-29)30(11-12-34-2)35(32,33)27-14-19-9-10-23(19)25(31)28-24-21-7-3-5-17(21)13-18-6-4-8-22(18)24/h9-10,13,15-16,19,23,27H,3-8,11-12,14H2,1-2H3,(H,28,31). The second-order valence-corrected chi connectivity index (χ2v) is 11.3. The van der Waals surface area contributed by atoms with E-state index in [1.807, 2.05) is 12.2 Å². The summed E-state index contributed by atoms with van der Waals surface area (Å²) in [6, 6.07) is 2.35. The van der Waals surface area contributed by atoms with Crippen molar-refractivity contribution in [3.05, 3.63) is 52.9 Å². The molecule has 0 aliphatic heterocycles. The van der Waals surface area contributed by atoms with Gasteiger partial charge in [0.05, 0.1) is 31.0 Å². The van der Waals surface area contributed by atoms with Crippen molar-refractivity contribution in [2.24, 2.45) is 18.9 Å². The van der Waals surface area contributed by atoms with Crippen LogP contribution in [0.25, 0.3) is 0 Å². The van der Waals surface area contributed by atoms with Crippen LogP contribution < -0.4 is 14.3 Å². The summed E-state index contributed by atoms with van der Waals surface area (Å²) in [6.45, 7) is 0.549. The fourth-order valence-electron chi connectivity index (χ4n) is 5.41. The van der Waals surface area contributed by atoms with Crippen molar-refractivity contribution in [3.8, 4) is 0 Å². The number of benzene rings is 1. The van der Waals surface area contributed by atoms with Gasteiger partial charge in [-0.3, -0.25) is 13.8 Å². The lowest BCUT2D eigenvalue weighted by molar-refractivity contribution is -0.120. The van der Waals surface area contributed by atoms with E-state index in [-0.39, 0.29) is 37.4 Å². The predicted molar refractivity (Wildman–Crippen MR) is 135 cm³/mol. The third kappa shape index (κ3) is 4.74. The number of aryl methyl sites for hydroxylation is 3. The van der Waals surface area contributed by atoms with Crippen LogP contribution in [0.1, 0.15) is 35.1 Å². The molecule has 10 heteroatoms. The maximum Gasteiger partial charge on any atom is 0.301 e. The lowest BCUT2D eigenvalue weighted by Gasteiger charge is -2.30. The number of amides is 1. The van der Waals surface area contributed by atoms with Gasteiger partial charge in [0, 0.05) is 38.5 Å². The van der Waals surface area contributed by atoms with Gasteiger partial charge in [-0.25, -0.2) is 0 Å². The molecule has 1 heterocycles. The van der Waals surface area contributed by atoms with Gasteiger partial charge in [-0.15, -0.1) is 0 Å². The largest absolute Gasteiger partial charge is 0.383 e. The molecule has 0 bridgehead atoms. The van der Waals surface area contributed by atoms with Crippen molar-refractivity contribution in [2.75, 3.05) is 36.4 Å². The Morgan fingerprint density at radius 2 is 1.89 bits per heavy atom. The van der Waals surface area contributed by atoms with Gasteiger partial charge in [0.1, 0.15) is 0 Å². The molecule has 9 nitrogen and oxygen atoms in total. The molecule has 1 aromatic heterocycles. The zero-order chi connectivity index (χ0) is 24.6. The quantitative estimate of drug-likeness (QED) is 0.487. The van der Waals surface area contributed by atoms with E-state index in [0.717, 1.165) is 44.2 Å². The molecule has 3 aliphatic rings. The smallest absolute Gasteiger partial charge is 0.301 e. The monoisotopic (exact) mass is 499 g/mol. The second-order valence-electron chi connectivity index (χ2n) is 9.59. The summed E-state index contributed by atoms with van der Waals surface area (Å²) in [5.41, 5.74) is 6.83. The zero-order valence-electron chi connectivity index (χ0n) is 20.3. The van der Waals surface area contributed by atoms with Crippen LogP contribution in [-0.4, -0.2) is 50.9 Å². The zero-order valence-corrected chi connectivity index (χ0v) is 21.1. The molecule has 2 unspecified atom stereocenters. The highest BCUT2D eigenvalue weighted by molar-refractivity contribution is 7.90. The van der Waals surface area contributed by atoms with E-state index in [1.165, 1.54) is 39.9 Å². The minimum Gasteiger partial charge on any atom is -0.383 e. The molecule has 0 saturated heterocycles. The average Bonchev–Trinajstić information content (AvgIpc) is 3.54. The number of hydrogen-bond donors (Lipinski definition) is 2. The first kappa shape index (κ1) is 24.0. The molecule has 3 aliphatic carbocycles. The third-order valence-electron chi connectivity index (χ3n) is 7.32. The number of ether oxygens (including phenoxy) is 1. The number of rotatable bonds is 10. The molecule has 0 saturated carbocycles. The maximum absolute atomic E-state index is 13.3. The Kier molecular flexibility index (Phi) is 6.69. The Morgan fingerprint density at radius 3 is 2.46 bits per heavy atom. The first-order valence-electron chi connectivity index (χ1n) is 12.3. The number of carbonyl (C=O) groups excluding carboxylic acids is 1. The van der Waals surface area contributed by atoms with Crippen LogP contribution in [0.4, 0.5) is 11.4 Å². The topological polar surface area (TPSA) is 106 Å². The predicted octanol–water partition coefficient (Wildman–Crippen LogP) is 2.13. The van der Waals surface area contributed by atoms with Gasteiger partial charge in [0.2, 0.25) is 5.91 Å². The van der Waals surface area contributed by atoms with Crippen molar-refractivity contribution in [2.45, 2.75) is 38.5 Å². The number of nitrogens with zero attached hydrogens (tertiary/aromatic N) is 3. The normalized spacial score (nSPS) is 20.4. The van der Waals surface area contributed by atoms with E-state index >= 15 is 0 Å². The van der Waals surface area contributed by atoms with Gasteiger partial charge in [0.15, 0.2) is 0 Å². The molecule has 1 aromatic carbocycles. The van der Waals surface area contributed by atoms with Crippen LogP contribution in [0.15, 0.2) is 30.6 Å². The Balaban J connectivity index is 1.25. The highest BCUT2D eigenvalue weighted by atomic mass is 32.2. The Morgan fingerprint density at radius 1 is 1.17 bits per heavy atom. The molecule has 1 amide bonds. The minimum absolute atomic E-state index is 0.0606. The molecule has 35 heavy (non-hydrogen) atoms. The van der Waals surface area contributed by atoms with Crippen LogP contribution in [-0.2, 0) is 52.5 Å². The Hall–Kier alpha value is -2.69. The highest BCUT2D eigenvalue weighted by Gasteiger charge is 2.34. The van der Waals surface area contributed by atoms with E-state index in [2.05, 4.69) is 21.2 Å². The van der Waals surface area contributed by atoms with E-state index in [1.54, 1.807) is 17.9 Å². The molecule has 188 valence electrons. The molecule has 2 N–H and O–H groups in total. The second kappa shape index (κ2) is 9.75. The van der Waals surface area contributed by atoms with Crippen LogP contribution in [0, 0.1) is 11.8 Å².